The Kier molecular flexibility index (Phi) is 4.46. The largest absolute Gasteiger partial charge is 0.316 e. The first-order valence-corrected chi connectivity index (χ1v) is 6.17. The number of nitrogens with one attached hydrogen (secondary N) is 1. The van der Waals surface area contributed by atoms with Gasteiger partial charge in [0, 0.05) is 17.7 Å². The Morgan fingerprint density at radius 1 is 1.39 bits per heavy atom. The number of nitrogens with zero attached hydrogens (tertiary/aromatic N) is 1. The quantitative estimate of drug-likeness (QED) is 0.660. The molecule has 0 radical (unpaired) electrons. The normalized spacial score (nSPS) is 13.4. The molecule has 0 bridgehead atoms. The molecule has 0 fully saturated rings. The van der Waals surface area contributed by atoms with Crippen LogP contribution in [0.3, 0.4) is 0 Å². The third-order valence-electron chi connectivity index (χ3n) is 3.25. The van der Waals surface area contributed by atoms with Crippen molar-refractivity contribution in [3.8, 4) is 0 Å². The van der Waals surface area contributed by atoms with Gasteiger partial charge in [-0.25, -0.2) is 0 Å². The van der Waals surface area contributed by atoms with Crippen molar-refractivity contribution >= 4 is 5.69 Å². The van der Waals surface area contributed by atoms with Crippen molar-refractivity contribution < 1.29 is 4.92 Å². The van der Waals surface area contributed by atoms with Crippen LogP contribution in [0.15, 0.2) is 18.2 Å². The molecule has 1 aromatic rings. The Labute approximate surface area is 109 Å². The second kappa shape index (κ2) is 5.48. The first-order valence-electron chi connectivity index (χ1n) is 6.17. The highest BCUT2D eigenvalue weighted by Crippen LogP contribution is 2.27. The number of likely N-dealkylation sites (N-methyl/N-ethyl adjacent to an activating group) is 1. The van der Waals surface area contributed by atoms with Gasteiger partial charge in [-0.1, -0.05) is 32.4 Å². The standard InChI is InChI=1S/C14H22N2O2/c1-10-6-7-12(16(17)18)11(8-10)9-13(15-5)14(2,3)4/h6-8,13,15H,9H2,1-5H3. The van der Waals surface area contributed by atoms with Gasteiger partial charge in [0.05, 0.1) is 4.92 Å². The Hall–Kier alpha value is -1.42. The number of nitro groups is 1. The predicted molar refractivity (Wildman–Crippen MR) is 73.8 cm³/mol. The Morgan fingerprint density at radius 3 is 2.44 bits per heavy atom. The highest BCUT2D eigenvalue weighted by molar-refractivity contribution is 5.43. The van der Waals surface area contributed by atoms with E-state index in [9.17, 15) is 10.1 Å². The van der Waals surface area contributed by atoms with Crippen molar-refractivity contribution in [2.24, 2.45) is 5.41 Å². The lowest BCUT2D eigenvalue weighted by molar-refractivity contribution is -0.385. The summed E-state index contributed by atoms with van der Waals surface area (Å²) in [5.74, 6) is 0. The lowest BCUT2D eigenvalue weighted by atomic mass is 9.82. The Morgan fingerprint density at radius 2 is 2.00 bits per heavy atom. The van der Waals surface area contributed by atoms with Gasteiger partial charge in [0.2, 0.25) is 0 Å². The third kappa shape index (κ3) is 3.53. The van der Waals surface area contributed by atoms with E-state index >= 15 is 0 Å². The average molecular weight is 250 g/mol. The van der Waals surface area contributed by atoms with Crippen molar-refractivity contribution in [1.82, 2.24) is 5.32 Å². The molecule has 1 rings (SSSR count). The van der Waals surface area contributed by atoms with Gasteiger partial charge in [0.1, 0.15) is 0 Å². The number of aryl methyl sites for hydroxylation is 1. The highest BCUT2D eigenvalue weighted by atomic mass is 16.6. The molecule has 0 heterocycles. The fraction of sp³-hybridized carbons (Fsp3) is 0.571. The smallest absolute Gasteiger partial charge is 0.272 e. The van der Waals surface area contributed by atoms with E-state index in [0.29, 0.717) is 6.42 Å². The minimum atomic E-state index is -0.301. The van der Waals surface area contributed by atoms with Crippen molar-refractivity contribution in [3.05, 3.63) is 39.4 Å². The van der Waals surface area contributed by atoms with Crippen LogP contribution in [0.2, 0.25) is 0 Å². The van der Waals surface area contributed by atoms with Gasteiger partial charge in [-0.3, -0.25) is 10.1 Å². The first-order chi connectivity index (χ1) is 8.25. The van der Waals surface area contributed by atoms with E-state index < -0.39 is 0 Å². The summed E-state index contributed by atoms with van der Waals surface area (Å²) >= 11 is 0. The van der Waals surface area contributed by atoms with Crippen LogP contribution in [-0.2, 0) is 6.42 Å². The molecule has 0 aliphatic rings. The van der Waals surface area contributed by atoms with E-state index in [0.717, 1.165) is 11.1 Å². The maximum absolute atomic E-state index is 11.0. The molecule has 18 heavy (non-hydrogen) atoms. The molecule has 4 heteroatoms. The zero-order chi connectivity index (χ0) is 13.9. The summed E-state index contributed by atoms with van der Waals surface area (Å²) < 4.78 is 0. The summed E-state index contributed by atoms with van der Waals surface area (Å²) in [7, 11) is 1.90. The van der Waals surface area contributed by atoms with Crippen LogP contribution in [0.4, 0.5) is 5.69 Å². The summed E-state index contributed by atoms with van der Waals surface area (Å²) in [5, 5.41) is 14.3. The molecule has 4 nitrogen and oxygen atoms in total. The van der Waals surface area contributed by atoms with Crippen LogP contribution >= 0.6 is 0 Å². The molecule has 0 amide bonds. The van der Waals surface area contributed by atoms with Gasteiger partial charge < -0.3 is 5.32 Å². The molecule has 1 N–H and O–H groups in total. The fourth-order valence-corrected chi connectivity index (χ4v) is 2.12. The number of nitro benzene ring substituents is 1. The molecule has 0 saturated heterocycles. The molecule has 0 spiro atoms. The summed E-state index contributed by atoms with van der Waals surface area (Å²) in [6.45, 7) is 8.36. The minimum Gasteiger partial charge on any atom is -0.316 e. The van der Waals surface area contributed by atoms with E-state index in [1.165, 1.54) is 0 Å². The number of rotatable bonds is 4. The number of hydrogen-bond acceptors (Lipinski definition) is 3. The highest BCUT2D eigenvalue weighted by Gasteiger charge is 2.26. The maximum atomic E-state index is 11.0. The van der Waals surface area contributed by atoms with Crippen molar-refractivity contribution in [2.75, 3.05) is 7.05 Å². The van der Waals surface area contributed by atoms with Gasteiger partial charge in [-0.15, -0.1) is 0 Å². The maximum Gasteiger partial charge on any atom is 0.272 e. The lowest BCUT2D eigenvalue weighted by Gasteiger charge is -2.30. The topological polar surface area (TPSA) is 55.2 Å². The molecule has 1 atom stereocenters. The van der Waals surface area contributed by atoms with E-state index in [4.69, 9.17) is 0 Å². The van der Waals surface area contributed by atoms with Gasteiger partial charge in [0.15, 0.2) is 0 Å². The average Bonchev–Trinajstić information content (AvgIpc) is 2.23. The van der Waals surface area contributed by atoms with E-state index in [-0.39, 0.29) is 22.1 Å². The van der Waals surface area contributed by atoms with Crippen LogP contribution < -0.4 is 5.32 Å². The monoisotopic (exact) mass is 250 g/mol. The Balaban J connectivity index is 3.09. The second-order valence-electron chi connectivity index (χ2n) is 5.80. The zero-order valence-electron chi connectivity index (χ0n) is 11.8. The predicted octanol–water partition coefficient (Wildman–Crippen LogP) is 3.08. The van der Waals surface area contributed by atoms with Crippen molar-refractivity contribution in [1.29, 1.82) is 0 Å². The molecule has 0 saturated carbocycles. The first kappa shape index (κ1) is 14.6. The zero-order valence-corrected chi connectivity index (χ0v) is 11.8. The molecule has 1 unspecified atom stereocenters. The van der Waals surface area contributed by atoms with E-state index in [1.54, 1.807) is 12.1 Å². The fourth-order valence-electron chi connectivity index (χ4n) is 2.12. The van der Waals surface area contributed by atoms with Gasteiger partial charge >= 0.3 is 0 Å². The van der Waals surface area contributed by atoms with Gasteiger partial charge in [0.25, 0.3) is 5.69 Å². The summed E-state index contributed by atoms with van der Waals surface area (Å²) in [5.41, 5.74) is 2.13. The van der Waals surface area contributed by atoms with Crippen LogP contribution in [-0.4, -0.2) is 18.0 Å². The van der Waals surface area contributed by atoms with Crippen molar-refractivity contribution in [2.45, 2.75) is 40.2 Å². The summed E-state index contributed by atoms with van der Waals surface area (Å²) in [6, 6.07) is 5.50. The van der Waals surface area contributed by atoms with Crippen LogP contribution in [0.5, 0.6) is 0 Å². The molecular weight excluding hydrogens is 228 g/mol. The van der Waals surface area contributed by atoms with Crippen LogP contribution in [0.1, 0.15) is 31.9 Å². The Bertz CT molecular complexity index is 436. The van der Waals surface area contributed by atoms with Gasteiger partial charge in [-0.2, -0.15) is 0 Å². The van der Waals surface area contributed by atoms with E-state index in [1.807, 2.05) is 20.0 Å². The molecule has 1 aromatic carbocycles. The molecule has 0 aliphatic carbocycles. The minimum absolute atomic E-state index is 0.0619. The van der Waals surface area contributed by atoms with Crippen LogP contribution in [0, 0.1) is 22.5 Å². The number of benzene rings is 1. The molecule has 0 aromatic heterocycles. The van der Waals surface area contributed by atoms with E-state index in [2.05, 4.69) is 26.1 Å². The SMILES string of the molecule is CNC(Cc1cc(C)ccc1[N+](=O)[O-])C(C)(C)C. The van der Waals surface area contributed by atoms with Crippen molar-refractivity contribution in [3.63, 3.8) is 0 Å². The van der Waals surface area contributed by atoms with Crippen LogP contribution in [0.25, 0.3) is 0 Å². The summed E-state index contributed by atoms with van der Waals surface area (Å²) in [6.07, 6.45) is 0.665. The second-order valence-corrected chi connectivity index (χ2v) is 5.80. The van der Waals surface area contributed by atoms with Gasteiger partial charge in [-0.05, 0) is 31.9 Å². The summed E-state index contributed by atoms with van der Waals surface area (Å²) in [4.78, 5) is 10.7. The lowest BCUT2D eigenvalue weighted by Crippen LogP contribution is -2.39. The molecule has 0 aliphatic heterocycles. The number of hydrogen-bond donors (Lipinski definition) is 1. The third-order valence-corrected chi connectivity index (χ3v) is 3.25. The molecular formula is C14H22N2O2. The molecule has 100 valence electrons.